The van der Waals surface area contributed by atoms with Gasteiger partial charge in [0.1, 0.15) is 5.82 Å². The van der Waals surface area contributed by atoms with Crippen molar-refractivity contribution in [2.45, 2.75) is 46.1 Å². The van der Waals surface area contributed by atoms with Crippen LogP contribution >= 0.6 is 0 Å². The van der Waals surface area contributed by atoms with E-state index >= 15 is 0 Å². The van der Waals surface area contributed by atoms with Crippen LogP contribution in [0.5, 0.6) is 11.5 Å². The number of unbranched alkanes of at least 4 members (excludes halogenated alkanes) is 1. The van der Waals surface area contributed by atoms with Crippen molar-refractivity contribution in [2.24, 2.45) is 5.92 Å². The molecular weight excluding hydrogens is 390 g/mol. The van der Waals surface area contributed by atoms with Crippen molar-refractivity contribution in [3.05, 3.63) is 54.4 Å². The molecule has 166 valence electrons. The molecule has 0 aliphatic rings. The second kappa shape index (κ2) is 11.4. The number of nitrogens with zero attached hydrogens (tertiary/aromatic N) is 2. The summed E-state index contributed by atoms with van der Waals surface area (Å²) in [4.78, 5) is 16.6. The van der Waals surface area contributed by atoms with Crippen LogP contribution in [-0.2, 0) is 17.8 Å². The van der Waals surface area contributed by atoms with Gasteiger partial charge in [-0.2, -0.15) is 0 Å². The van der Waals surface area contributed by atoms with Gasteiger partial charge in [-0.3, -0.25) is 4.79 Å². The first-order valence-corrected chi connectivity index (χ1v) is 11.1. The molecule has 1 amide bonds. The first-order valence-electron chi connectivity index (χ1n) is 11.1. The smallest absolute Gasteiger partial charge is 0.222 e. The van der Waals surface area contributed by atoms with Gasteiger partial charge < -0.3 is 19.4 Å². The molecule has 6 heteroatoms. The van der Waals surface area contributed by atoms with Gasteiger partial charge in [-0.25, -0.2) is 4.98 Å². The van der Waals surface area contributed by atoms with Crippen molar-refractivity contribution < 1.29 is 14.3 Å². The third-order valence-corrected chi connectivity index (χ3v) is 5.24. The standard InChI is InChI=1S/C25H33N3O3/c1-19(2)25(29)26-16-10-15-24-27-20-11-4-5-12-21(20)28(24)17-8-9-18-31-23-14-7-6-13-22(23)30-3/h4-7,11-14,19H,8-10,15-18H2,1-3H3,(H,26,29). The summed E-state index contributed by atoms with van der Waals surface area (Å²) < 4.78 is 13.5. The molecule has 0 aliphatic carbocycles. The number of aromatic nitrogens is 2. The van der Waals surface area contributed by atoms with E-state index in [0.29, 0.717) is 13.2 Å². The molecule has 0 bridgehead atoms. The molecule has 0 fully saturated rings. The van der Waals surface area contributed by atoms with Crippen LogP contribution in [-0.4, -0.2) is 35.7 Å². The number of amides is 1. The molecule has 1 N–H and O–H groups in total. The van der Waals surface area contributed by atoms with Gasteiger partial charge in [0.05, 0.1) is 24.8 Å². The van der Waals surface area contributed by atoms with E-state index in [1.807, 2.05) is 44.2 Å². The van der Waals surface area contributed by atoms with Crippen molar-refractivity contribution in [3.8, 4) is 11.5 Å². The zero-order chi connectivity index (χ0) is 22.1. The fourth-order valence-corrected chi connectivity index (χ4v) is 3.52. The van der Waals surface area contributed by atoms with Crippen LogP contribution in [0.1, 0.15) is 38.9 Å². The predicted molar refractivity (Wildman–Crippen MR) is 124 cm³/mol. The number of nitrogens with one attached hydrogen (secondary N) is 1. The molecule has 1 aromatic heterocycles. The molecule has 0 saturated carbocycles. The predicted octanol–water partition coefficient (Wildman–Crippen LogP) is 4.61. The Hall–Kier alpha value is -3.02. The highest BCUT2D eigenvalue weighted by Crippen LogP contribution is 2.26. The van der Waals surface area contributed by atoms with E-state index in [0.717, 1.165) is 60.6 Å². The Labute approximate surface area is 184 Å². The topological polar surface area (TPSA) is 65.4 Å². The summed E-state index contributed by atoms with van der Waals surface area (Å²) in [6.07, 6.45) is 3.64. The molecule has 2 aromatic carbocycles. The highest BCUT2D eigenvalue weighted by atomic mass is 16.5. The fourth-order valence-electron chi connectivity index (χ4n) is 3.52. The van der Waals surface area contributed by atoms with Crippen molar-refractivity contribution in [1.82, 2.24) is 14.9 Å². The summed E-state index contributed by atoms with van der Waals surface area (Å²) in [5, 5.41) is 2.99. The zero-order valence-corrected chi connectivity index (χ0v) is 18.8. The Morgan fingerprint density at radius 2 is 1.77 bits per heavy atom. The van der Waals surface area contributed by atoms with Gasteiger partial charge in [-0.05, 0) is 43.5 Å². The SMILES string of the molecule is COc1ccccc1OCCCCn1c(CCCNC(=O)C(C)C)nc2ccccc21. The highest BCUT2D eigenvalue weighted by Gasteiger charge is 2.11. The lowest BCUT2D eigenvalue weighted by Crippen LogP contribution is -2.28. The molecule has 0 saturated heterocycles. The summed E-state index contributed by atoms with van der Waals surface area (Å²) in [7, 11) is 1.65. The maximum Gasteiger partial charge on any atom is 0.222 e. The normalized spacial score (nSPS) is 11.1. The molecule has 0 radical (unpaired) electrons. The molecule has 31 heavy (non-hydrogen) atoms. The molecular formula is C25H33N3O3. The Morgan fingerprint density at radius 3 is 2.55 bits per heavy atom. The first-order chi connectivity index (χ1) is 15.1. The van der Waals surface area contributed by atoms with Crippen LogP contribution in [0.25, 0.3) is 11.0 Å². The van der Waals surface area contributed by atoms with E-state index in [1.54, 1.807) is 7.11 Å². The van der Waals surface area contributed by atoms with Crippen LogP contribution in [0.3, 0.4) is 0 Å². The van der Waals surface area contributed by atoms with Gasteiger partial charge in [0.15, 0.2) is 11.5 Å². The van der Waals surface area contributed by atoms with Crippen molar-refractivity contribution in [3.63, 3.8) is 0 Å². The highest BCUT2D eigenvalue weighted by molar-refractivity contribution is 5.77. The number of methoxy groups -OCH3 is 1. The summed E-state index contributed by atoms with van der Waals surface area (Å²) in [5.74, 6) is 2.73. The number of rotatable bonds is 12. The summed E-state index contributed by atoms with van der Waals surface area (Å²) in [6, 6.07) is 16.0. The molecule has 3 rings (SSSR count). The lowest BCUT2D eigenvalue weighted by Gasteiger charge is -2.12. The molecule has 0 spiro atoms. The number of hydrogen-bond acceptors (Lipinski definition) is 4. The van der Waals surface area contributed by atoms with Crippen molar-refractivity contribution in [2.75, 3.05) is 20.3 Å². The summed E-state index contributed by atoms with van der Waals surface area (Å²) >= 11 is 0. The summed E-state index contributed by atoms with van der Waals surface area (Å²) in [5.41, 5.74) is 2.18. The number of hydrogen-bond donors (Lipinski definition) is 1. The fraction of sp³-hybridized carbons (Fsp3) is 0.440. The zero-order valence-electron chi connectivity index (χ0n) is 18.8. The van der Waals surface area contributed by atoms with Crippen molar-refractivity contribution >= 4 is 16.9 Å². The van der Waals surface area contributed by atoms with Gasteiger partial charge in [0.25, 0.3) is 0 Å². The van der Waals surface area contributed by atoms with Crippen LogP contribution in [0.4, 0.5) is 0 Å². The largest absolute Gasteiger partial charge is 0.493 e. The number of aryl methyl sites for hydroxylation is 2. The van der Waals surface area contributed by atoms with E-state index in [9.17, 15) is 4.79 Å². The molecule has 0 atom stereocenters. The lowest BCUT2D eigenvalue weighted by atomic mass is 10.2. The number of fused-ring (bicyclic) bond motifs is 1. The van der Waals surface area contributed by atoms with Gasteiger partial charge in [0, 0.05) is 25.4 Å². The number of benzene rings is 2. The monoisotopic (exact) mass is 423 g/mol. The molecule has 6 nitrogen and oxygen atoms in total. The maximum absolute atomic E-state index is 11.8. The quantitative estimate of drug-likeness (QED) is 0.432. The van der Waals surface area contributed by atoms with Crippen LogP contribution < -0.4 is 14.8 Å². The molecule has 0 unspecified atom stereocenters. The van der Waals surface area contributed by atoms with Crippen LogP contribution in [0.2, 0.25) is 0 Å². The van der Waals surface area contributed by atoms with E-state index in [2.05, 4.69) is 28.1 Å². The van der Waals surface area contributed by atoms with Crippen molar-refractivity contribution in [1.29, 1.82) is 0 Å². The average Bonchev–Trinajstić information content (AvgIpc) is 3.14. The Morgan fingerprint density at radius 1 is 1.03 bits per heavy atom. The number of carbonyl (C=O) groups is 1. The Balaban J connectivity index is 1.54. The minimum atomic E-state index is 0.0163. The molecule has 0 aliphatic heterocycles. The minimum absolute atomic E-state index is 0.0163. The minimum Gasteiger partial charge on any atom is -0.493 e. The number of ether oxygens (including phenoxy) is 2. The van der Waals surface area contributed by atoms with E-state index in [1.165, 1.54) is 0 Å². The Bertz CT molecular complexity index is 981. The average molecular weight is 424 g/mol. The molecule has 1 heterocycles. The van der Waals surface area contributed by atoms with E-state index in [4.69, 9.17) is 14.5 Å². The second-order valence-corrected chi connectivity index (χ2v) is 7.92. The third kappa shape index (κ3) is 6.23. The van der Waals surface area contributed by atoms with Gasteiger partial charge in [-0.15, -0.1) is 0 Å². The van der Waals surface area contributed by atoms with Gasteiger partial charge in [0.2, 0.25) is 5.91 Å². The number of imidazole rings is 1. The van der Waals surface area contributed by atoms with Crippen LogP contribution in [0.15, 0.2) is 48.5 Å². The first kappa shape index (κ1) is 22.7. The van der Waals surface area contributed by atoms with Gasteiger partial charge >= 0.3 is 0 Å². The van der Waals surface area contributed by atoms with Gasteiger partial charge in [-0.1, -0.05) is 38.1 Å². The lowest BCUT2D eigenvalue weighted by molar-refractivity contribution is -0.123. The maximum atomic E-state index is 11.8. The third-order valence-electron chi connectivity index (χ3n) is 5.24. The van der Waals surface area contributed by atoms with E-state index < -0.39 is 0 Å². The van der Waals surface area contributed by atoms with E-state index in [-0.39, 0.29) is 11.8 Å². The Kier molecular flexibility index (Phi) is 8.33. The number of carbonyl (C=O) groups excluding carboxylic acids is 1. The second-order valence-electron chi connectivity index (χ2n) is 7.92. The number of para-hydroxylation sites is 4. The van der Waals surface area contributed by atoms with Crippen LogP contribution in [0, 0.1) is 5.92 Å². The molecule has 3 aromatic rings. The summed E-state index contributed by atoms with van der Waals surface area (Å²) in [6.45, 7) is 6.03.